The van der Waals surface area contributed by atoms with Gasteiger partial charge in [-0.25, -0.2) is 0 Å². The van der Waals surface area contributed by atoms with Gasteiger partial charge in [0.1, 0.15) is 5.88 Å². The Morgan fingerprint density at radius 3 is 2.00 bits per heavy atom. The van der Waals surface area contributed by atoms with Crippen LogP contribution in [0.1, 0.15) is 0 Å². The van der Waals surface area contributed by atoms with E-state index in [9.17, 15) is 4.79 Å². The first-order valence-corrected chi connectivity index (χ1v) is 4.58. The Hall–Kier alpha value is 0.760. The Kier molecular flexibility index (Phi) is 15.1. The Bertz CT molecular complexity index is 48.2. The average molecular weight is 133 g/mol. The summed E-state index contributed by atoms with van der Waals surface area (Å²) in [5.74, 6) is -1.29. The predicted octanol–water partition coefficient (Wildman–Crippen LogP) is 0.513. The third kappa shape index (κ3) is 20.1. The van der Waals surface area contributed by atoms with Gasteiger partial charge in [0.2, 0.25) is 0 Å². The standard InChI is InChI=1S/C2H3ClO2.CH3.Na/c3-1-2(4)5;;/h1H2,(H,4,5);1H3;. The third-order valence-corrected chi connectivity index (χ3v) is 0.343. The number of carbonyl (C=O) groups is 1. The molecule has 0 unspecified atom stereocenters. The van der Waals surface area contributed by atoms with Crippen LogP contribution < -0.4 is 0 Å². The molecular weight excluding hydrogens is 126 g/mol. The van der Waals surface area contributed by atoms with Crippen LogP contribution in [0.15, 0.2) is 0 Å². The monoisotopic (exact) mass is 132 g/mol. The van der Waals surface area contributed by atoms with Crippen LogP contribution in [0.4, 0.5) is 0 Å². The number of rotatable bonds is 1. The van der Waals surface area contributed by atoms with E-state index in [1.807, 2.05) is 0 Å². The second kappa shape index (κ2) is 9.90. The summed E-state index contributed by atoms with van der Waals surface area (Å²) in [7, 11) is 0. The summed E-state index contributed by atoms with van der Waals surface area (Å²) in [6.45, 7) is 0. The van der Waals surface area contributed by atoms with E-state index in [-0.39, 0.29) is 5.88 Å². The maximum absolute atomic E-state index is 9.24. The number of hydrogen-bond acceptors (Lipinski definition) is 1. The van der Waals surface area contributed by atoms with Gasteiger partial charge >= 0.3 is 38.1 Å². The van der Waals surface area contributed by atoms with Crippen molar-refractivity contribution in [2.24, 2.45) is 0 Å². The summed E-state index contributed by atoms with van der Waals surface area (Å²) >= 11 is 6.04. The van der Waals surface area contributed by atoms with Gasteiger partial charge in [-0.2, -0.15) is 0 Å². The molecular formula is C3H6ClNaO2. The minimum atomic E-state index is -0.980. The molecule has 4 heteroatoms. The molecule has 0 saturated heterocycles. The molecule has 0 heterocycles. The van der Waals surface area contributed by atoms with Gasteiger partial charge in [-0.1, -0.05) is 0 Å². The van der Waals surface area contributed by atoms with E-state index in [1.165, 1.54) is 27.9 Å². The van der Waals surface area contributed by atoms with E-state index in [0.29, 0.717) is 0 Å². The molecule has 0 bridgehead atoms. The van der Waals surface area contributed by atoms with Crippen molar-refractivity contribution in [1.29, 1.82) is 0 Å². The van der Waals surface area contributed by atoms with E-state index >= 15 is 0 Å². The Morgan fingerprint density at radius 2 is 2.00 bits per heavy atom. The second-order valence-corrected chi connectivity index (χ2v) is 0.795. The Labute approximate surface area is 65.3 Å². The molecule has 0 aliphatic carbocycles. The summed E-state index contributed by atoms with van der Waals surface area (Å²) in [5, 5.41) is 7.59. The molecule has 1 N–H and O–H groups in total. The fourth-order valence-electron chi connectivity index (χ4n) is 0. The van der Waals surface area contributed by atoms with E-state index in [0.717, 1.165) is 0 Å². The van der Waals surface area contributed by atoms with E-state index in [2.05, 4.69) is 4.17 Å². The van der Waals surface area contributed by atoms with Crippen LogP contribution in [0.2, 0.25) is 4.17 Å². The third-order valence-electron chi connectivity index (χ3n) is 0.114. The van der Waals surface area contributed by atoms with Crippen LogP contribution in [0.3, 0.4) is 0 Å². The van der Waals surface area contributed by atoms with Crippen LogP contribution in [-0.4, -0.2) is 44.9 Å². The summed E-state index contributed by atoms with van der Waals surface area (Å²) < 4.78 is 2.14. The van der Waals surface area contributed by atoms with Gasteiger partial charge in [-0.05, 0) is 0 Å². The number of carboxylic acids is 1. The Morgan fingerprint density at radius 1 is 1.86 bits per heavy atom. The van der Waals surface area contributed by atoms with Crippen molar-refractivity contribution in [3.8, 4) is 0 Å². The van der Waals surface area contributed by atoms with Gasteiger partial charge in [0, 0.05) is 0 Å². The fraction of sp³-hybridized carbons (Fsp3) is 0.667. The van der Waals surface area contributed by atoms with E-state index in [4.69, 9.17) is 16.7 Å². The minimum absolute atomic E-state index is 0.306. The van der Waals surface area contributed by atoms with Crippen LogP contribution in [0.5, 0.6) is 0 Å². The van der Waals surface area contributed by atoms with Crippen molar-refractivity contribution < 1.29 is 9.90 Å². The van der Waals surface area contributed by atoms with Crippen molar-refractivity contribution in [2.45, 2.75) is 4.17 Å². The first-order valence-electron chi connectivity index (χ1n) is 2.05. The van der Waals surface area contributed by atoms with Gasteiger partial charge in [0.25, 0.3) is 0 Å². The van der Waals surface area contributed by atoms with Crippen molar-refractivity contribution in [3.63, 3.8) is 0 Å². The molecule has 0 aromatic heterocycles. The van der Waals surface area contributed by atoms with Crippen LogP contribution in [0.25, 0.3) is 0 Å². The zero-order valence-electron chi connectivity index (χ0n) is 4.44. The van der Waals surface area contributed by atoms with E-state index in [1.54, 1.807) is 0 Å². The zero-order valence-corrected chi connectivity index (χ0v) is 7.20. The molecule has 0 aliphatic heterocycles. The number of carboxylic acid groups (broad SMARTS) is 1. The molecule has 0 aromatic carbocycles. The van der Waals surface area contributed by atoms with Crippen molar-refractivity contribution in [3.05, 3.63) is 0 Å². The predicted molar refractivity (Wildman–Crippen MR) is 30.0 cm³/mol. The summed E-state index contributed by atoms with van der Waals surface area (Å²) in [6.07, 6.45) is 0. The second-order valence-electron chi connectivity index (χ2n) is 0.527. The molecule has 38 valence electrons. The molecule has 0 amide bonds. The van der Waals surface area contributed by atoms with E-state index < -0.39 is 5.97 Å². The number of halogens is 1. The number of alkyl halides is 1. The molecule has 0 spiro atoms. The molecule has 7 heavy (non-hydrogen) atoms. The molecule has 0 aromatic rings. The van der Waals surface area contributed by atoms with Crippen molar-refractivity contribution in [2.75, 3.05) is 5.88 Å². The Balaban J connectivity index is 0. The maximum atomic E-state index is 9.24. The summed E-state index contributed by atoms with van der Waals surface area (Å²) in [6, 6.07) is 0. The van der Waals surface area contributed by atoms with Crippen LogP contribution in [-0.2, 0) is 4.79 Å². The van der Waals surface area contributed by atoms with Crippen molar-refractivity contribution >= 4 is 45.5 Å². The quantitative estimate of drug-likeness (QED) is 0.417. The normalized spacial score (nSPS) is 6.29. The van der Waals surface area contributed by atoms with Crippen LogP contribution in [0, 0.1) is 0 Å². The van der Waals surface area contributed by atoms with Gasteiger partial charge in [0.05, 0.1) is 0 Å². The fourth-order valence-corrected chi connectivity index (χ4v) is 0. The van der Waals surface area contributed by atoms with Crippen molar-refractivity contribution in [1.82, 2.24) is 0 Å². The average Bonchev–Trinajstić information content (AvgIpc) is 1.73. The van der Waals surface area contributed by atoms with Gasteiger partial charge in [-0.3, -0.25) is 4.79 Å². The van der Waals surface area contributed by atoms with Gasteiger partial charge < -0.3 is 5.11 Å². The number of aliphatic carboxylic acids is 1. The molecule has 0 atom stereocenters. The molecule has 0 fully saturated rings. The van der Waals surface area contributed by atoms with Gasteiger partial charge in [0.15, 0.2) is 0 Å². The molecule has 0 radical (unpaired) electrons. The molecule has 0 rings (SSSR count). The molecule has 0 aliphatic rings. The molecule has 0 saturated carbocycles. The number of hydrogen-bond donors (Lipinski definition) is 1. The summed E-state index contributed by atoms with van der Waals surface area (Å²) in [4.78, 5) is 9.24. The first kappa shape index (κ1) is 10.7. The summed E-state index contributed by atoms with van der Waals surface area (Å²) in [5.41, 5.74) is 0. The molecule has 2 nitrogen and oxygen atoms in total. The first-order chi connectivity index (χ1) is 3.27. The topological polar surface area (TPSA) is 37.3 Å². The SMILES string of the molecule is O=C(O)CCl.[CH3][Na]. The zero-order chi connectivity index (χ0) is 6.28. The van der Waals surface area contributed by atoms with Crippen LogP contribution >= 0.6 is 11.6 Å². The van der Waals surface area contributed by atoms with Gasteiger partial charge in [-0.15, -0.1) is 11.6 Å².